The maximum absolute atomic E-state index is 4.37. The van der Waals surface area contributed by atoms with Gasteiger partial charge in [0.25, 0.3) is 0 Å². The molecule has 0 radical (unpaired) electrons. The molecule has 0 aromatic carbocycles. The van der Waals surface area contributed by atoms with Crippen LogP contribution in [0.3, 0.4) is 0 Å². The van der Waals surface area contributed by atoms with Crippen molar-refractivity contribution >= 4 is 11.5 Å². The lowest BCUT2D eigenvalue weighted by atomic mass is 9.88. The quantitative estimate of drug-likeness (QED) is 0.740. The Kier molecular flexibility index (Phi) is 2.55. The van der Waals surface area contributed by atoms with Crippen LogP contribution in [0.1, 0.15) is 25.8 Å². The SMILES string of the molecule is CCC1(C)CNc2nccc(C)c2NC1. The number of aryl methyl sites for hydroxylation is 1. The van der Waals surface area contributed by atoms with E-state index >= 15 is 0 Å². The highest BCUT2D eigenvalue weighted by Crippen LogP contribution is 2.31. The lowest BCUT2D eigenvalue weighted by Crippen LogP contribution is -2.30. The third-order valence-corrected chi connectivity index (χ3v) is 3.39. The van der Waals surface area contributed by atoms with Gasteiger partial charge in [-0.3, -0.25) is 0 Å². The van der Waals surface area contributed by atoms with Crippen LogP contribution in [0.25, 0.3) is 0 Å². The summed E-state index contributed by atoms with van der Waals surface area (Å²) in [6, 6.07) is 2.04. The zero-order valence-electron chi connectivity index (χ0n) is 9.72. The van der Waals surface area contributed by atoms with Crippen molar-refractivity contribution in [3.63, 3.8) is 0 Å². The van der Waals surface area contributed by atoms with E-state index in [-0.39, 0.29) is 0 Å². The molecule has 3 heteroatoms. The second-order valence-electron chi connectivity index (χ2n) is 4.72. The van der Waals surface area contributed by atoms with E-state index in [4.69, 9.17) is 0 Å². The van der Waals surface area contributed by atoms with Gasteiger partial charge >= 0.3 is 0 Å². The van der Waals surface area contributed by atoms with Crippen LogP contribution in [0.2, 0.25) is 0 Å². The summed E-state index contributed by atoms with van der Waals surface area (Å²) >= 11 is 0. The average Bonchev–Trinajstić information content (AvgIpc) is 2.41. The molecule has 1 atom stereocenters. The van der Waals surface area contributed by atoms with E-state index in [1.54, 1.807) is 0 Å². The maximum Gasteiger partial charge on any atom is 0.149 e. The third-order valence-electron chi connectivity index (χ3n) is 3.39. The number of hydrogen-bond acceptors (Lipinski definition) is 3. The second-order valence-corrected chi connectivity index (χ2v) is 4.72. The largest absolute Gasteiger partial charge is 0.381 e. The van der Waals surface area contributed by atoms with Crippen molar-refractivity contribution in [2.75, 3.05) is 23.7 Å². The highest BCUT2D eigenvalue weighted by molar-refractivity contribution is 5.69. The molecular weight excluding hydrogens is 186 g/mol. The van der Waals surface area contributed by atoms with E-state index in [0.29, 0.717) is 5.41 Å². The van der Waals surface area contributed by atoms with Gasteiger partial charge in [-0.1, -0.05) is 13.8 Å². The number of anilines is 2. The molecule has 1 aromatic heterocycles. The summed E-state index contributed by atoms with van der Waals surface area (Å²) < 4.78 is 0. The zero-order chi connectivity index (χ0) is 10.9. The van der Waals surface area contributed by atoms with Gasteiger partial charge in [0.1, 0.15) is 5.82 Å². The Bertz CT molecular complexity index is 362. The number of hydrogen-bond donors (Lipinski definition) is 2. The predicted octanol–water partition coefficient (Wildman–Crippen LogP) is 2.64. The fourth-order valence-corrected chi connectivity index (χ4v) is 1.83. The van der Waals surface area contributed by atoms with Gasteiger partial charge in [0.05, 0.1) is 5.69 Å². The summed E-state index contributed by atoms with van der Waals surface area (Å²) in [7, 11) is 0. The summed E-state index contributed by atoms with van der Waals surface area (Å²) in [6.07, 6.45) is 3.03. The van der Waals surface area contributed by atoms with Gasteiger partial charge in [0.15, 0.2) is 0 Å². The molecule has 2 rings (SSSR count). The Morgan fingerprint density at radius 1 is 1.40 bits per heavy atom. The minimum absolute atomic E-state index is 0.313. The molecular formula is C12H19N3. The number of nitrogens with zero attached hydrogens (tertiary/aromatic N) is 1. The first-order valence-corrected chi connectivity index (χ1v) is 5.58. The molecule has 0 saturated carbocycles. The van der Waals surface area contributed by atoms with Crippen LogP contribution in [-0.4, -0.2) is 18.1 Å². The van der Waals surface area contributed by atoms with Crippen molar-refractivity contribution in [1.82, 2.24) is 4.98 Å². The Hall–Kier alpha value is -1.25. The van der Waals surface area contributed by atoms with Crippen LogP contribution in [0, 0.1) is 12.3 Å². The molecule has 1 aliphatic rings. The Morgan fingerprint density at radius 2 is 2.13 bits per heavy atom. The Morgan fingerprint density at radius 3 is 2.87 bits per heavy atom. The number of pyridine rings is 1. The molecule has 0 spiro atoms. The summed E-state index contributed by atoms with van der Waals surface area (Å²) in [5.41, 5.74) is 2.73. The van der Waals surface area contributed by atoms with Crippen molar-refractivity contribution in [2.24, 2.45) is 5.41 Å². The molecule has 1 aromatic rings. The molecule has 0 bridgehead atoms. The average molecular weight is 205 g/mol. The number of nitrogens with one attached hydrogen (secondary N) is 2. The van der Waals surface area contributed by atoms with E-state index in [9.17, 15) is 0 Å². The molecule has 0 saturated heterocycles. The van der Waals surface area contributed by atoms with Gasteiger partial charge in [0, 0.05) is 24.7 Å². The van der Waals surface area contributed by atoms with E-state index in [0.717, 1.165) is 24.6 Å². The molecule has 2 heterocycles. The van der Waals surface area contributed by atoms with E-state index in [1.807, 2.05) is 12.3 Å². The van der Waals surface area contributed by atoms with Gasteiger partial charge in [-0.25, -0.2) is 4.98 Å². The van der Waals surface area contributed by atoms with Crippen LogP contribution < -0.4 is 10.6 Å². The molecule has 82 valence electrons. The predicted molar refractivity (Wildman–Crippen MR) is 64.4 cm³/mol. The highest BCUT2D eigenvalue weighted by Gasteiger charge is 2.26. The van der Waals surface area contributed by atoms with Gasteiger partial charge in [-0.15, -0.1) is 0 Å². The van der Waals surface area contributed by atoms with Crippen LogP contribution in [0.4, 0.5) is 11.5 Å². The van der Waals surface area contributed by atoms with E-state index in [1.165, 1.54) is 12.0 Å². The molecule has 0 aliphatic carbocycles. The molecule has 0 fully saturated rings. The first-order valence-electron chi connectivity index (χ1n) is 5.58. The lowest BCUT2D eigenvalue weighted by molar-refractivity contribution is 0.360. The Labute approximate surface area is 91.3 Å². The topological polar surface area (TPSA) is 37.0 Å². The van der Waals surface area contributed by atoms with Crippen molar-refractivity contribution < 1.29 is 0 Å². The molecule has 2 N–H and O–H groups in total. The second kappa shape index (κ2) is 3.72. The van der Waals surface area contributed by atoms with Crippen LogP contribution in [0.5, 0.6) is 0 Å². The number of aromatic nitrogens is 1. The molecule has 15 heavy (non-hydrogen) atoms. The van der Waals surface area contributed by atoms with Crippen molar-refractivity contribution in [3.05, 3.63) is 17.8 Å². The normalized spacial score (nSPS) is 24.7. The molecule has 1 unspecified atom stereocenters. The smallest absolute Gasteiger partial charge is 0.149 e. The van der Waals surface area contributed by atoms with Crippen LogP contribution in [-0.2, 0) is 0 Å². The Balaban J connectivity index is 2.29. The lowest BCUT2D eigenvalue weighted by Gasteiger charge is -2.26. The third kappa shape index (κ3) is 1.91. The first-order chi connectivity index (χ1) is 7.14. The minimum Gasteiger partial charge on any atom is -0.381 e. The summed E-state index contributed by atoms with van der Waals surface area (Å²) in [6.45, 7) is 8.65. The van der Waals surface area contributed by atoms with Crippen molar-refractivity contribution in [1.29, 1.82) is 0 Å². The number of fused-ring (bicyclic) bond motifs is 1. The fraction of sp³-hybridized carbons (Fsp3) is 0.583. The van der Waals surface area contributed by atoms with Gasteiger partial charge in [-0.2, -0.15) is 0 Å². The maximum atomic E-state index is 4.37. The van der Waals surface area contributed by atoms with Gasteiger partial charge in [0.2, 0.25) is 0 Å². The molecule has 3 nitrogen and oxygen atoms in total. The highest BCUT2D eigenvalue weighted by atomic mass is 15.1. The fourth-order valence-electron chi connectivity index (χ4n) is 1.83. The van der Waals surface area contributed by atoms with Crippen LogP contribution in [0.15, 0.2) is 12.3 Å². The molecule has 1 aliphatic heterocycles. The van der Waals surface area contributed by atoms with Gasteiger partial charge < -0.3 is 10.6 Å². The minimum atomic E-state index is 0.313. The summed E-state index contributed by atoms with van der Waals surface area (Å²) in [5.74, 6) is 0.993. The zero-order valence-corrected chi connectivity index (χ0v) is 9.72. The standard InChI is InChI=1S/C12H19N3/c1-4-12(3)7-14-10-9(2)5-6-13-11(10)15-8-12/h5-6,14H,4,7-8H2,1-3H3,(H,13,15). The summed E-state index contributed by atoms with van der Waals surface area (Å²) in [5, 5.41) is 6.94. The monoisotopic (exact) mass is 205 g/mol. The van der Waals surface area contributed by atoms with Gasteiger partial charge in [-0.05, 0) is 25.0 Å². The molecule has 0 amide bonds. The van der Waals surface area contributed by atoms with Crippen molar-refractivity contribution in [2.45, 2.75) is 27.2 Å². The van der Waals surface area contributed by atoms with E-state index in [2.05, 4.69) is 36.4 Å². The summed E-state index contributed by atoms with van der Waals surface area (Å²) in [4.78, 5) is 4.37. The van der Waals surface area contributed by atoms with E-state index < -0.39 is 0 Å². The number of rotatable bonds is 1. The first kappa shape index (κ1) is 10.3. The van der Waals surface area contributed by atoms with Crippen LogP contribution >= 0.6 is 0 Å². The van der Waals surface area contributed by atoms with Crippen molar-refractivity contribution in [3.8, 4) is 0 Å².